The predicted molar refractivity (Wildman–Crippen MR) is 98.3 cm³/mol. The Hall–Kier alpha value is -2.39. The third-order valence-electron chi connectivity index (χ3n) is 3.88. The van der Waals surface area contributed by atoms with Crippen LogP contribution in [0.25, 0.3) is 6.08 Å². The number of rotatable bonds is 8. The van der Waals surface area contributed by atoms with Crippen LogP contribution in [0.3, 0.4) is 0 Å². The van der Waals surface area contributed by atoms with E-state index in [0.717, 1.165) is 5.56 Å². The Balaban J connectivity index is 2.08. The lowest BCUT2D eigenvalue weighted by atomic mass is 10.00. The Morgan fingerprint density at radius 2 is 1.71 bits per heavy atom. The van der Waals surface area contributed by atoms with Crippen LogP contribution in [0.2, 0.25) is 0 Å². The van der Waals surface area contributed by atoms with Crippen LogP contribution < -0.4 is 5.32 Å². The van der Waals surface area contributed by atoms with Crippen LogP contribution in [-0.4, -0.2) is 18.6 Å². The van der Waals surface area contributed by atoms with Crippen LogP contribution in [0.1, 0.15) is 25.0 Å². The van der Waals surface area contributed by atoms with Gasteiger partial charge in [0.25, 0.3) is 0 Å². The second-order valence-corrected chi connectivity index (χ2v) is 5.70. The van der Waals surface area contributed by atoms with Crippen molar-refractivity contribution in [2.45, 2.75) is 26.4 Å². The molecule has 0 spiro atoms. The molecule has 126 valence electrons. The van der Waals surface area contributed by atoms with Crippen molar-refractivity contribution in [1.29, 1.82) is 0 Å². The summed E-state index contributed by atoms with van der Waals surface area (Å²) in [7, 11) is 0. The van der Waals surface area contributed by atoms with Crippen molar-refractivity contribution < 1.29 is 9.53 Å². The molecule has 2 atom stereocenters. The normalized spacial score (nSPS) is 13.6. The third-order valence-corrected chi connectivity index (χ3v) is 3.88. The van der Waals surface area contributed by atoms with Gasteiger partial charge in [0.15, 0.2) is 0 Å². The summed E-state index contributed by atoms with van der Waals surface area (Å²) < 4.78 is 5.18. The maximum Gasteiger partial charge on any atom is 0.310 e. The minimum absolute atomic E-state index is 0.0931. The quantitative estimate of drug-likeness (QED) is 0.745. The van der Waals surface area contributed by atoms with Gasteiger partial charge in [-0.1, -0.05) is 79.7 Å². The van der Waals surface area contributed by atoms with E-state index in [4.69, 9.17) is 4.74 Å². The molecule has 0 aliphatic carbocycles. The highest BCUT2D eigenvalue weighted by atomic mass is 16.5. The van der Waals surface area contributed by atoms with Crippen LogP contribution in [-0.2, 0) is 16.1 Å². The summed E-state index contributed by atoms with van der Waals surface area (Å²) >= 11 is 0. The zero-order valence-electron chi connectivity index (χ0n) is 14.3. The summed E-state index contributed by atoms with van der Waals surface area (Å²) in [4.78, 5) is 12.1. The van der Waals surface area contributed by atoms with Crippen molar-refractivity contribution in [2.24, 2.45) is 5.92 Å². The van der Waals surface area contributed by atoms with E-state index in [9.17, 15) is 4.79 Å². The number of hydrogen-bond acceptors (Lipinski definition) is 3. The minimum atomic E-state index is -0.256. The number of esters is 1. The van der Waals surface area contributed by atoms with Gasteiger partial charge in [0, 0.05) is 12.6 Å². The van der Waals surface area contributed by atoms with Crippen molar-refractivity contribution >= 4 is 12.0 Å². The van der Waals surface area contributed by atoms with Crippen LogP contribution in [0.5, 0.6) is 0 Å². The molecular formula is C21H25NO2. The van der Waals surface area contributed by atoms with Crippen molar-refractivity contribution in [3.8, 4) is 0 Å². The summed E-state index contributed by atoms with van der Waals surface area (Å²) in [6.07, 6.45) is 4.08. The van der Waals surface area contributed by atoms with Gasteiger partial charge in [0.1, 0.15) is 0 Å². The van der Waals surface area contributed by atoms with Crippen LogP contribution in [0, 0.1) is 5.92 Å². The van der Waals surface area contributed by atoms with E-state index in [1.807, 2.05) is 74.5 Å². The molecule has 0 aliphatic rings. The van der Waals surface area contributed by atoms with Crippen molar-refractivity contribution in [3.05, 3.63) is 77.9 Å². The zero-order chi connectivity index (χ0) is 17.2. The molecule has 0 fully saturated rings. The Morgan fingerprint density at radius 1 is 1.08 bits per heavy atom. The van der Waals surface area contributed by atoms with Gasteiger partial charge in [0.05, 0.1) is 12.5 Å². The second kappa shape index (κ2) is 9.68. The highest BCUT2D eigenvalue weighted by Crippen LogP contribution is 2.12. The Labute approximate surface area is 144 Å². The molecule has 2 aromatic carbocycles. The molecule has 0 saturated heterocycles. The van der Waals surface area contributed by atoms with Crippen molar-refractivity contribution in [3.63, 3.8) is 0 Å². The first-order chi connectivity index (χ1) is 11.7. The van der Waals surface area contributed by atoms with E-state index in [0.29, 0.717) is 13.2 Å². The van der Waals surface area contributed by atoms with E-state index in [1.165, 1.54) is 5.56 Å². The molecule has 0 saturated carbocycles. The van der Waals surface area contributed by atoms with Gasteiger partial charge < -0.3 is 10.1 Å². The lowest BCUT2D eigenvalue weighted by molar-refractivity contribution is -0.147. The molecule has 24 heavy (non-hydrogen) atoms. The largest absolute Gasteiger partial charge is 0.466 e. The van der Waals surface area contributed by atoms with E-state index >= 15 is 0 Å². The first kappa shape index (κ1) is 18.0. The zero-order valence-corrected chi connectivity index (χ0v) is 14.3. The van der Waals surface area contributed by atoms with E-state index in [-0.39, 0.29) is 17.9 Å². The number of ether oxygens (including phenoxy) is 1. The second-order valence-electron chi connectivity index (χ2n) is 5.70. The molecule has 3 nitrogen and oxygen atoms in total. The topological polar surface area (TPSA) is 38.3 Å². The van der Waals surface area contributed by atoms with Gasteiger partial charge in [-0.15, -0.1) is 0 Å². The first-order valence-electron chi connectivity index (χ1n) is 8.38. The van der Waals surface area contributed by atoms with E-state index in [1.54, 1.807) is 0 Å². The van der Waals surface area contributed by atoms with Gasteiger partial charge in [-0.2, -0.15) is 0 Å². The standard InChI is InChI=1S/C21H25NO2/c1-3-24-21(23)17(2)20(15-14-18-10-6-4-7-11-18)22-16-19-12-8-5-9-13-19/h4-15,17,20,22H,3,16H2,1-2H3/b15-14+/t17-,20-/m0/s1. The SMILES string of the molecule is CCOC(=O)[C@@H](C)[C@H](/C=C/c1ccccc1)NCc1ccccc1. The summed E-state index contributed by atoms with van der Waals surface area (Å²) in [5.74, 6) is -0.436. The molecule has 0 amide bonds. The van der Waals surface area contributed by atoms with Crippen LogP contribution in [0.15, 0.2) is 66.7 Å². The highest BCUT2D eigenvalue weighted by molar-refractivity contribution is 5.73. The molecule has 1 N–H and O–H groups in total. The molecule has 0 unspecified atom stereocenters. The smallest absolute Gasteiger partial charge is 0.310 e. The summed E-state index contributed by atoms with van der Waals surface area (Å²) in [5, 5.41) is 3.46. The molecule has 0 bridgehead atoms. The molecule has 3 heteroatoms. The van der Waals surface area contributed by atoms with Gasteiger partial charge in [-0.05, 0) is 18.1 Å². The number of carbonyl (C=O) groups is 1. The lowest BCUT2D eigenvalue weighted by Crippen LogP contribution is -2.37. The molecule has 2 rings (SSSR count). The van der Waals surface area contributed by atoms with Crippen LogP contribution in [0.4, 0.5) is 0 Å². The fourth-order valence-electron chi connectivity index (χ4n) is 2.44. The first-order valence-corrected chi connectivity index (χ1v) is 8.38. The predicted octanol–water partition coefficient (Wildman–Crippen LogP) is 4.06. The summed E-state index contributed by atoms with van der Waals surface area (Å²) in [5.41, 5.74) is 2.30. The minimum Gasteiger partial charge on any atom is -0.466 e. The maximum atomic E-state index is 12.1. The molecular weight excluding hydrogens is 298 g/mol. The van der Waals surface area contributed by atoms with Gasteiger partial charge >= 0.3 is 5.97 Å². The van der Waals surface area contributed by atoms with E-state index < -0.39 is 0 Å². The number of carbonyl (C=O) groups excluding carboxylic acids is 1. The molecule has 0 heterocycles. The Bertz CT molecular complexity index is 637. The van der Waals surface area contributed by atoms with Gasteiger partial charge in [-0.25, -0.2) is 0 Å². The average Bonchev–Trinajstić information content (AvgIpc) is 2.63. The number of nitrogens with one attached hydrogen (secondary N) is 1. The number of hydrogen-bond donors (Lipinski definition) is 1. The maximum absolute atomic E-state index is 12.1. The van der Waals surface area contributed by atoms with E-state index in [2.05, 4.69) is 17.4 Å². The van der Waals surface area contributed by atoms with Crippen molar-refractivity contribution in [2.75, 3.05) is 6.61 Å². The molecule has 0 aliphatic heterocycles. The average molecular weight is 323 g/mol. The van der Waals surface area contributed by atoms with Crippen molar-refractivity contribution in [1.82, 2.24) is 5.32 Å². The van der Waals surface area contributed by atoms with Crippen LogP contribution >= 0.6 is 0 Å². The monoisotopic (exact) mass is 323 g/mol. The third kappa shape index (κ3) is 5.67. The summed E-state index contributed by atoms with van der Waals surface area (Å²) in [6, 6.07) is 20.1. The van der Waals surface area contributed by atoms with Gasteiger partial charge in [-0.3, -0.25) is 4.79 Å². The highest BCUT2D eigenvalue weighted by Gasteiger charge is 2.22. The molecule has 0 aromatic heterocycles. The number of benzene rings is 2. The lowest BCUT2D eigenvalue weighted by Gasteiger charge is -2.21. The Kier molecular flexibility index (Phi) is 7.24. The van der Waals surface area contributed by atoms with Gasteiger partial charge in [0.2, 0.25) is 0 Å². The molecule has 2 aromatic rings. The fraction of sp³-hybridized carbons (Fsp3) is 0.286. The fourth-order valence-corrected chi connectivity index (χ4v) is 2.44. The Morgan fingerprint density at radius 3 is 2.33 bits per heavy atom. The molecule has 0 radical (unpaired) electrons. The summed E-state index contributed by atoms with van der Waals surface area (Å²) in [6.45, 7) is 4.83.